The van der Waals surface area contributed by atoms with Crippen molar-refractivity contribution >= 4 is 34.0 Å². The second-order valence-corrected chi connectivity index (χ2v) is 8.13. The van der Waals surface area contributed by atoms with Crippen LogP contribution in [0.15, 0.2) is 73.1 Å². The van der Waals surface area contributed by atoms with Crippen molar-refractivity contribution in [2.75, 3.05) is 5.32 Å². The Bertz CT molecular complexity index is 1360. The second-order valence-electron chi connectivity index (χ2n) is 6.84. The molecule has 6 nitrogen and oxygen atoms in total. The van der Waals surface area contributed by atoms with Gasteiger partial charge in [0.05, 0.1) is 27.3 Å². The second kappa shape index (κ2) is 7.53. The Morgan fingerprint density at radius 1 is 1.03 bits per heavy atom. The molecule has 0 saturated heterocycles. The van der Waals surface area contributed by atoms with Crippen molar-refractivity contribution < 1.29 is 4.79 Å². The molecule has 0 bridgehead atoms. The molecule has 4 heterocycles. The average Bonchev–Trinajstić information content (AvgIpc) is 3.42. The summed E-state index contributed by atoms with van der Waals surface area (Å²) >= 11 is 1.67. The number of hydrogen-bond donors (Lipinski definition) is 2. The number of nitrogens with zero attached hydrogens (tertiary/aromatic N) is 3. The molecule has 0 aliphatic carbocycles. The molecular weight excluding hydrogens is 394 g/mol. The van der Waals surface area contributed by atoms with Crippen LogP contribution in [0.5, 0.6) is 0 Å². The van der Waals surface area contributed by atoms with Crippen molar-refractivity contribution in [1.29, 1.82) is 0 Å². The SMILES string of the molecule is Cc1ccc(-c2cc(NC(=O)c3cc(-c4ccncc4)nc4ccccc34)n[nH]2)s1. The Balaban J connectivity index is 1.51. The number of nitrogens with one attached hydrogen (secondary N) is 2. The number of benzene rings is 1. The third-order valence-electron chi connectivity index (χ3n) is 4.76. The number of carbonyl (C=O) groups is 1. The minimum absolute atomic E-state index is 0.232. The summed E-state index contributed by atoms with van der Waals surface area (Å²) in [4.78, 5) is 24.2. The summed E-state index contributed by atoms with van der Waals surface area (Å²) in [6.45, 7) is 2.06. The molecule has 0 saturated carbocycles. The quantitative estimate of drug-likeness (QED) is 0.420. The van der Waals surface area contributed by atoms with Gasteiger partial charge in [-0.15, -0.1) is 11.3 Å². The Hall–Kier alpha value is -3.84. The van der Waals surface area contributed by atoms with E-state index in [4.69, 9.17) is 4.98 Å². The lowest BCUT2D eigenvalue weighted by molar-refractivity contribution is 0.102. The van der Waals surface area contributed by atoms with Gasteiger partial charge in [-0.05, 0) is 43.3 Å². The molecular formula is C23H17N5OS. The minimum Gasteiger partial charge on any atom is -0.305 e. The van der Waals surface area contributed by atoms with Gasteiger partial charge in [0.1, 0.15) is 0 Å². The third kappa shape index (κ3) is 3.46. The fraction of sp³-hybridized carbons (Fsp3) is 0.0435. The number of fused-ring (bicyclic) bond motifs is 1. The number of hydrogen-bond acceptors (Lipinski definition) is 5. The molecule has 0 spiro atoms. The first-order valence-electron chi connectivity index (χ1n) is 9.41. The Morgan fingerprint density at radius 3 is 2.67 bits per heavy atom. The molecule has 7 heteroatoms. The largest absolute Gasteiger partial charge is 0.305 e. The molecule has 146 valence electrons. The highest BCUT2D eigenvalue weighted by Gasteiger charge is 2.16. The van der Waals surface area contributed by atoms with Crippen molar-refractivity contribution in [3.8, 4) is 21.8 Å². The number of rotatable bonds is 4. The molecule has 0 atom stereocenters. The number of pyridine rings is 2. The lowest BCUT2D eigenvalue weighted by Crippen LogP contribution is -2.13. The van der Waals surface area contributed by atoms with E-state index in [0.717, 1.165) is 32.7 Å². The van der Waals surface area contributed by atoms with E-state index in [-0.39, 0.29) is 5.91 Å². The minimum atomic E-state index is -0.232. The zero-order chi connectivity index (χ0) is 20.5. The van der Waals surface area contributed by atoms with Crippen LogP contribution in [0.25, 0.3) is 32.7 Å². The predicted molar refractivity (Wildman–Crippen MR) is 120 cm³/mol. The van der Waals surface area contributed by atoms with Gasteiger partial charge < -0.3 is 5.32 Å². The summed E-state index contributed by atoms with van der Waals surface area (Å²) < 4.78 is 0. The Morgan fingerprint density at radius 2 is 1.87 bits per heavy atom. The van der Waals surface area contributed by atoms with Crippen LogP contribution in [-0.2, 0) is 0 Å². The molecule has 0 radical (unpaired) electrons. The van der Waals surface area contributed by atoms with E-state index in [1.807, 2.05) is 54.6 Å². The van der Waals surface area contributed by atoms with Gasteiger partial charge in [0.25, 0.3) is 5.91 Å². The zero-order valence-corrected chi connectivity index (χ0v) is 16.9. The zero-order valence-electron chi connectivity index (χ0n) is 16.1. The average molecular weight is 411 g/mol. The normalized spacial score (nSPS) is 11.0. The summed E-state index contributed by atoms with van der Waals surface area (Å²) in [5, 5.41) is 10.9. The summed E-state index contributed by atoms with van der Waals surface area (Å²) in [5.41, 5.74) is 3.80. The van der Waals surface area contributed by atoms with Crippen LogP contribution >= 0.6 is 11.3 Å². The van der Waals surface area contributed by atoms with Gasteiger partial charge in [-0.3, -0.25) is 14.9 Å². The predicted octanol–water partition coefficient (Wildman–Crippen LogP) is 5.31. The molecule has 5 aromatic rings. The topological polar surface area (TPSA) is 83.6 Å². The van der Waals surface area contributed by atoms with Gasteiger partial charge in [-0.1, -0.05) is 18.2 Å². The molecule has 1 amide bonds. The maximum atomic E-state index is 13.2. The third-order valence-corrected chi connectivity index (χ3v) is 5.80. The lowest BCUT2D eigenvalue weighted by atomic mass is 10.0. The highest BCUT2D eigenvalue weighted by Crippen LogP contribution is 2.28. The summed E-state index contributed by atoms with van der Waals surface area (Å²) in [7, 11) is 0. The molecule has 0 unspecified atom stereocenters. The molecule has 30 heavy (non-hydrogen) atoms. The molecule has 0 aliphatic heterocycles. The fourth-order valence-electron chi connectivity index (χ4n) is 3.31. The van der Waals surface area contributed by atoms with Crippen molar-refractivity contribution in [1.82, 2.24) is 20.2 Å². The number of aromatic amines is 1. The van der Waals surface area contributed by atoms with Gasteiger partial charge in [-0.2, -0.15) is 5.10 Å². The number of carbonyl (C=O) groups excluding carboxylic acids is 1. The molecule has 5 rings (SSSR count). The smallest absolute Gasteiger partial charge is 0.257 e. The molecule has 2 N–H and O–H groups in total. The van der Waals surface area contributed by atoms with Crippen LogP contribution in [0, 0.1) is 6.92 Å². The fourth-order valence-corrected chi connectivity index (χ4v) is 4.14. The van der Waals surface area contributed by atoms with Gasteiger partial charge >= 0.3 is 0 Å². The highest BCUT2D eigenvalue weighted by atomic mass is 32.1. The number of aryl methyl sites for hydroxylation is 1. The monoisotopic (exact) mass is 411 g/mol. The number of amides is 1. The number of aromatic nitrogens is 4. The molecule has 0 fully saturated rings. The van der Waals surface area contributed by atoms with E-state index in [1.54, 1.807) is 23.7 Å². The van der Waals surface area contributed by atoms with E-state index in [0.29, 0.717) is 11.4 Å². The van der Waals surface area contributed by atoms with E-state index in [2.05, 4.69) is 33.5 Å². The number of para-hydroxylation sites is 1. The van der Waals surface area contributed by atoms with Crippen LogP contribution in [-0.4, -0.2) is 26.1 Å². The van der Waals surface area contributed by atoms with E-state index in [9.17, 15) is 4.79 Å². The Labute approximate surface area is 176 Å². The van der Waals surface area contributed by atoms with Crippen molar-refractivity contribution in [3.05, 3.63) is 83.5 Å². The van der Waals surface area contributed by atoms with Crippen LogP contribution < -0.4 is 5.32 Å². The van der Waals surface area contributed by atoms with Crippen LogP contribution in [0.1, 0.15) is 15.2 Å². The maximum absolute atomic E-state index is 13.2. The molecule has 4 aromatic heterocycles. The lowest BCUT2D eigenvalue weighted by Gasteiger charge is -2.09. The highest BCUT2D eigenvalue weighted by molar-refractivity contribution is 7.15. The summed E-state index contributed by atoms with van der Waals surface area (Å²) in [6.07, 6.45) is 3.42. The van der Waals surface area contributed by atoms with Crippen molar-refractivity contribution in [3.63, 3.8) is 0 Å². The van der Waals surface area contributed by atoms with Gasteiger partial charge in [0, 0.05) is 34.3 Å². The first-order chi connectivity index (χ1) is 14.7. The van der Waals surface area contributed by atoms with Crippen LogP contribution in [0.4, 0.5) is 5.82 Å². The van der Waals surface area contributed by atoms with Crippen molar-refractivity contribution in [2.45, 2.75) is 6.92 Å². The van der Waals surface area contributed by atoms with E-state index < -0.39 is 0 Å². The van der Waals surface area contributed by atoms with Gasteiger partial charge in [-0.25, -0.2) is 4.98 Å². The summed E-state index contributed by atoms with van der Waals surface area (Å²) in [6, 6.07) is 19.1. The van der Waals surface area contributed by atoms with E-state index >= 15 is 0 Å². The maximum Gasteiger partial charge on any atom is 0.257 e. The molecule has 1 aromatic carbocycles. The van der Waals surface area contributed by atoms with Crippen LogP contribution in [0.2, 0.25) is 0 Å². The van der Waals surface area contributed by atoms with Gasteiger partial charge in [0.2, 0.25) is 0 Å². The van der Waals surface area contributed by atoms with Crippen LogP contribution in [0.3, 0.4) is 0 Å². The molecule has 0 aliphatic rings. The number of thiophene rings is 1. The Kier molecular flexibility index (Phi) is 4.57. The standard InChI is InChI=1S/C23H17N5OS/c1-14-6-7-21(30-14)20-13-22(28-27-20)26-23(29)17-12-19(15-8-10-24-11-9-15)25-18-5-3-2-4-16(17)18/h2-13H,1H3,(H2,26,27,28,29). The number of anilines is 1. The first kappa shape index (κ1) is 18.2. The van der Waals surface area contributed by atoms with E-state index in [1.165, 1.54) is 4.88 Å². The van der Waals surface area contributed by atoms with Gasteiger partial charge in [0.15, 0.2) is 5.82 Å². The van der Waals surface area contributed by atoms with Crippen molar-refractivity contribution in [2.24, 2.45) is 0 Å². The first-order valence-corrected chi connectivity index (χ1v) is 10.2. The number of H-pyrrole nitrogens is 1. The summed E-state index contributed by atoms with van der Waals surface area (Å²) in [5.74, 6) is 0.247.